The third-order valence-corrected chi connectivity index (χ3v) is 4.27. The van der Waals surface area contributed by atoms with E-state index in [0.717, 1.165) is 38.1 Å². The van der Waals surface area contributed by atoms with Gasteiger partial charge in [-0.3, -0.25) is 4.98 Å². The Morgan fingerprint density at radius 2 is 2.33 bits per heavy atom. The maximum atomic E-state index is 5.53. The molecule has 0 bridgehead atoms. The lowest BCUT2D eigenvalue weighted by molar-refractivity contribution is 0.181. The number of nitrogens with zero attached hydrogens (tertiary/aromatic N) is 1. The number of ether oxygens (including phenoxy) is 1. The van der Waals surface area contributed by atoms with Crippen molar-refractivity contribution >= 4 is 10.9 Å². The second-order valence-corrected chi connectivity index (χ2v) is 5.93. The minimum Gasteiger partial charge on any atom is -0.381 e. The van der Waals surface area contributed by atoms with Crippen LogP contribution in [0.2, 0.25) is 0 Å². The van der Waals surface area contributed by atoms with Crippen LogP contribution in [0.4, 0.5) is 0 Å². The Kier molecular flexibility index (Phi) is 4.84. The van der Waals surface area contributed by atoms with Gasteiger partial charge in [0.15, 0.2) is 0 Å². The SMILES string of the molecule is CCCNC(CC1CCOC1)c1ccc2cccnc2c1. The zero-order chi connectivity index (χ0) is 14.5. The first-order valence-corrected chi connectivity index (χ1v) is 8.02. The van der Waals surface area contributed by atoms with Crippen molar-refractivity contribution in [2.24, 2.45) is 5.92 Å². The Labute approximate surface area is 126 Å². The van der Waals surface area contributed by atoms with E-state index in [1.54, 1.807) is 0 Å². The predicted molar refractivity (Wildman–Crippen MR) is 86.3 cm³/mol. The third-order valence-electron chi connectivity index (χ3n) is 4.27. The summed E-state index contributed by atoms with van der Waals surface area (Å²) in [7, 11) is 0. The number of rotatable bonds is 6. The van der Waals surface area contributed by atoms with Crippen LogP contribution in [0, 0.1) is 5.92 Å². The van der Waals surface area contributed by atoms with Crippen LogP contribution in [0.25, 0.3) is 10.9 Å². The maximum Gasteiger partial charge on any atom is 0.0705 e. The highest BCUT2D eigenvalue weighted by atomic mass is 16.5. The van der Waals surface area contributed by atoms with Crippen molar-refractivity contribution in [2.75, 3.05) is 19.8 Å². The Morgan fingerprint density at radius 1 is 1.38 bits per heavy atom. The van der Waals surface area contributed by atoms with Gasteiger partial charge in [0.05, 0.1) is 5.52 Å². The van der Waals surface area contributed by atoms with E-state index < -0.39 is 0 Å². The quantitative estimate of drug-likeness (QED) is 0.878. The average molecular weight is 284 g/mol. The topological polar surface area (TPSA) is 34.1 Å². The standard InChI is InChI=1S/C18H24N2O/c1-2-8-19-17(11-14-7-10-21-13-14)16-6-5-15-4-3-9-20-18(15)12-16/h3-6,9,12,14,17,19H,2,7-8,10-11,13H2,1H3. The first-order chi connectivity index (χ1) is 10.4. The fraction of sp³-hybridized carbons (Fsp3) is 0.500. The molecule has 2 aromatic rings. The van der Waals surface area contributed by atoms with Crippen LogP contribution in [0.5, 0.6) is 0 Å². The summed E-state index contributed by atoms with van der Waals surface area (Å²) < 4.78 is 5.53. The van der Waals surface area contributed by atoms with Crippen LogP contribution in [0.1, 0.15) is 37.8 Å². The Balaban J connectivity index is 1.81. The van der Waals surface area contributed by atoms with Crippen molar-refractivity contribution < 1.29 is 4.74 Å². The van der Waals surface area contributed by atoms with Crippen molar-refractivity contribution in [3.8, 4) is 0 Å². The summed E-state index contributed by atoms with van der Waals surface area (Å²) in [6.07, 6.45) is 5.36. The zero-order valence-corrected chi connectivity index (χ0v) is 12.7. The number of fused-ring (bicyclic) bond motifs is 1. The molecule has 112 valence electrons. The van der Waals surface area contributed by atoms with Gasteiger partial charge in [0.1, 0.15) is 0 Å². The summed E-state index contributed by atoms with van der Waals surface area (Å²) in [5.41, 5.74) is 2.43. The van der Waals surface area contributed by atoms with Gasteiger partial charge in [-0.25, -0.2) is 0 Å². The molecule has 1 aromatic carbocycles. The zero-order valence-electron chi connectivity index (χ0n) is 12.7. The molecule has 1 aliphatic heterocycles. The molecule has 0 aliphatic carbocycles. The molecule has 1 aliphatic rings. The minimum absolute atomic E-state index is 0.406. The van der Waals surface area contributed by atoms with Gasteiger partial charge in [-0.2, -0.15) is 0 Å². The van der Waals surface area contributed by atoms with E-state index in [-0.39, 0.29) is 0 Å². The molecule has 1 saturated heterocycles. The molecule has 0 amide bonds. The van der Waals surface area contributed by atoms with Gasteiger partial charge in [0.25, 0.3) is 0 Å². The van der Waals surface area contributed by atoms with E-state index in [2.05, 4.69) is 41.5 Å². The number of hydrogen-bond donors (Lipinski definition) is 1. The molecule has 1 fully saturated rings. The number of hydrogen-bond acceptors (Lipinski definition) is 3. The van der Waals surface area contributed by atoms with Crippen molar-refractivity contribution in [3.63, 3.8) is 0 Å². The van der Waals surface area contributed by atoms with E-state index in [1.807, 2.05) is 12.3 Å². The molecule has 2 unspecified atom stereocenters. The Hall–Kier alpha value is -1.45. The van der Waals surface area contributed by atoms with E-state index >= 15 is 0 Å². The van der Waals surface area contributed by atoms with Crippen molar-refractivity contribution in [1.29, 1.82) is 0 Å². The molecule has 0 saturated carbocycles. The van der Waals surface area contributed by atoms with Gasteiger partial charge in [-0.05, 0) is 49.4 Å². The molecular formula is C18H24N2O. The van der Waals surface area contributed by atoms with Gasteiger partial charge >= 0.3 is 0 Å². The maximum absolute atomic E-state index is 5.53. The third kappa shape index (κ3) is 3.60. The van der Waals surface area contributed by atoms with Crippen molar-refractivity contribution in [2.45, 2.75) is 32.2 Å². The molecule has 3 nitrogen and oxygen atoms in total. The van der Waals surface area contributed by atoms with Crippen LogP contribution in [0.15, 0.2) is 36.5 Å². The average Bonchev–Trinajstić information content (AvgIpc) is 3.04. The number of pyridine rings is 1. The molecule has 2 heterocycles. The lowest BCUT2D eigenvalue weighted by atomic mass is 9.93. The largest absolute Gasteiger partial charge is 0.381 e. The summed E-state index contributed by atoms with van der Waals surface area (Å²) in [5.74, 6) is 0.679. The Morgan fingerprint density at radius 3 is 3.14 bits per heavy atom. The molecule has 21 heavy (non-hydrogen) atoms. The fourth-order valence-electron chi connectivity index (χ4n) is 3.06. The van der Waals surface area contributed by atoms with E-state index in [1.165, 1.54) is 17.4 Å². The highest BCUT2D eigenvalue weighted by Gasteiger charge is 2.21. The summed E-state index contributed by atoms with van der Waals surface area (Å²) in [4.78, 5) is 4.48. The van der Waals surface area contributed by atoms with Gasteiger partial charge in [0.2, 0.25) is 0 Å². The highest BCUT2D eigenvalue weighted by molar-refractivity contribution is 5.78. The van der Waals surface area contributed by atoms with Crippen LogP contribution in [0.3, 0.4) is 0 Å². The molecule has 1 N–H and O–H groups in total. The fourth-order valence-corrected chi connectivity index (χ4v) is 3.06. The van der Waals surface area contributed by atoms with Crippen molar-refractivity contribution in [1.82, 2.24) is 10.3 Å². The highest BCUT2D eigenvalue weighted by Crippen LogP contribution is 2.28. The van der Waals surface area contributed by atoms with E-state index in [9.17, 15) is 0 Å². The molecule has 1 aromatic heterocycles. The first kappa shape index (κ1) is 14.5. The molecule has 2 atom stereocenters. The molecule has 3 heteroatoms. The summed E-state index contributed by atoms with van der Waals surface area (Å²) in [6, 6.07) is 11.2. The number of aromatic nitrogens is 1. The number of nitrogens with one attached hydrogen (secondary N) is 1. The summed E-state index contributed by atoms with van der Waals surface area (Å²) in [5, 5.41) is 4.90. The van der Waals surface area contributed by atoms with Crippen molar-refractivity contribution in [3.05, 3.63) is 42.1 Å². The second-order valence-electron chi connectivity index (χ2n) is 5.93. The Bertz CT molecular complexity index is 578. The molecular weight excluding hydrogens is 260 g/mol. The summed E-state index contributed by atoms with van der Waals surface area (Å²) >= 11 is 0. The monoisotopic (exact) mass is 284 g/mol. The van der Waals surface area contributed by atoms with Gasteiger partial charge in [-0.15, -0.1) is 0 Å². The molecule has 3 rings (SSSR count). The summed E-state index contributed by atoms with van der Waals surface area (Å²) in [6.45, 7) is 5.10. The number of benzene rings is 1. The predicted octanol–water partition coefficient (Wildman–Crippen LogP) is 3.70. The van der Waals surface area contributed by atoms with E-state index in [4.69, 9.17) is 4.74 Å². The van der Waals surface area contributed by atoms with Crippen LogP contribution in [-0.2, 0) is 4.74 Å². The minimum atomic E-state index is 0.406. The van der Waals surface area contributed by atoms with Crippen LogP contribution >= 0.6 is 0 Å². The second kappa shape index (κ2) is 7.01. The van der Waals surface area contributed by atoms with Gasteiger partial charge < -0.3 is 10.1 Å². The normalized spacial score (nSPS) is 20.0. The lowest BCUT2D eigenvalue weighted by Gasteiger charge is -2.22. The smallest absolute Gasteiger partial charge is 0.0705 e. The molecule has 0 radical (unpaired) electrons. The lowest BCUT2D eigenvalue weighted by Crippen LogP contribution is -2.24. The van der Waals surface area contributed by atoms with Crippen LogP contribution in [-0.4, -0.2) is 24.7 Å². The van der Waals surface area contributed by atoms with Gasteiger partial charge in [0, 0.05) is 30.8 Å². The van der Waals surface area contributed by atoms with E-state index in [0.29, 0.717) is 12.0 Å². The van der Waals surface area contributed by atoms with Gasteiger partial charge in [-0.1, -0.05) is 25.1 Å². The molecule has 0 spiro atoms. The first-order valence-electron chi connectivity index (χ1n) is 8.02. The van der Waals surface area contributed by atoms with Crippen LogP contribution < -0.4 is 5.32 Å².